The smallest absolute Gasteiger partial charge is 0.198 e. The molecule has 2 aliphatic rings. The Hall–Kier alpha value is -1.39. The molecule has 0 N–H and O–H groups in total. The van der Waals surface area contributed by atoms with Crippen LogP contribution >= 0.6 is 0 Å². The van der Waals surface area contributed by atoms with Crippen LogP contribution in [0.3, 0.4) is 0 Å². The van der Waals surface area contributed by atoms with E-state index in [-0.39, 0.29) is 0 Å². The Kier molecular flexibility index (Phi) is 5.37. The predicted molar refractivity (Wildman–Crippen MR) is 99.8 cm³/mol. The molecule has 0 radical (unpaired) electrons. The van der Waals surface area contributed by atoms with E-state index < -0.39 is 0 Å². The van der Waals surface area contributed by atoms with Crippen LogP contribution in [-0.2, 0) is 4.74 Å². The highest BCUT2D eigenvalue weighted by Crippen LogP contribution is 2.30. The van der Waals surface area contributed by atoms with E-state index in [0.717, 1.165) is 62.0 Å². The second-order valence-electron chi connectivity index (χ2n) is 7.81. The average molecular weight is 342 g/mol. The first-order valence-corrected chi connectivity index (χ1v) is 9.99. The lowest BCUT2D eigenvalue weighted by Crippen LogP contribution is -2.37. The first-order valence-electron chi connectivity index (χ1n) is 9.99. The van der Waals surface area contributed by atoms with E-state index in [2.05, 4.69) is 16.8 Å². The molecule has 1 aliphatic carbocycles. The van der Waals surface area contributed by atoms with Gasteiger partial charge in [-0.3, -0.25) is 0 Å². The first kappa shape index (κ1) is 17.0. The molecule has 0 unspecified atom stereocenters. The fourth-order valence-electron chi connectivity index (χ4n) is 4.33. The molecule has 2 atom stereocenters. The first-order chi connectivity index (χ1) is 12.3. The zero-order valence-electron chi connectivity index (χ0n) is 15.3. The van der Waals surface area contributed by atoms with Crippen LogP contribution in [0, 0.1) is 5.92 Å². The number of rotatable bonds is 5. The zero-order valence-corrected chi connectivity index (χ0v) is 15.3. The minimum Gasteiger partial charge on any atom is -0.440 e. The minimum atomic E-state index is 0.461. The Bertz CT molecular complexity index is 642. The maximum absolute atomic E-state index is 6.18. The highest BCUT2D eigenvalue weighted by molar-refractivity contribution is 5.72. The quantitative estimate of drug-likeness (QED) is 0.796. The van der Waals surface area contributed by atoms with Crippen molar-refractivity contribution in [1.82, 2.24) is 9.88 Å². The van der Waals surface area contributed by atoms with E-state index in [1.807, 2.05) is 24.3 Å². The Labute approximate surface area is 150 Å². The Morgan fingerprint density at radius 3 is 2.72 bits per heavy atom. The summed E-state index contributed by atoms with van der Waals surface area (Å²) in [6, 6.07) is 8.06. The number of piperidine rings is 1. The molecule has 1 saturated carbocycles. The van der Waals surface area contributed by atoms with E-state index in [1.54, 1.807) is 0 Å². The van der Waals surface area contributed by atoms with Gasteiger partial charge in [0, 0.05) is 12.5 Å². The SMILES string of the molecule is C[C@@H]1CCCC[C@H]1OCCN1CCC(c2nc3ccccc3o2)CC1. The molecular formula is C21H30N2O2. The molecule has 1 aromatic carbocycles. The van der Waals surface area contributed by atoms with Crippen LogP contribution in [0.5, 0.6) is 0 Å². The molecular weight excluding hydrogens is 312 g/mol. The fraction of sp³-hybridized carbons (Fsp3) is 0.667. The van der Waals surface area contributed by atoms with Gasteiger partial charge in [-0.25, -0.2) is 4.98 Å². The van der Waals surface area contributed by atoms with Crippen LogP contribution in [0.4, 0.5) is 0 Å². The standard InChI is InChI=1S/C21H30N2O2/c1-16-6-2-4-8-19(16)24-15-14-23-12-10-17(11-13-23)21-22-18-7-3-5-9-20(18)25-21/h3,5,7,9,16-17,19H,2,4,6,8,10-15H2,1H3/t16-,19-/m1/s1. The third-order valence-corrected chi connectivity index (χ3v) is 6.02. The summed E-state index contributed by atoms with van der Waals surface area (Å²) < 4.78 is 12.1. The summed E-state index contributed by atoms with van der Waals surface area (Å²) in [6.45, 7) is 6.52. The summed E-state index contributed by atoms with van der Waals surface area (Å²) in [6.07, 6.45) is 8.06. The summed E-state index contributed by atoms with van der Waals surface area (Å²) in [4.78, 5) is 7.22. The van der Waals surface area contributed by atoms with Crippen molar-refractivity contribution >= 4 is 11.1 Å². The second-order valence-corrected chi connectivity index (χ2v) is 7.81. The van der Waals surface area contributed by atoms with Gasteiger partial charge >= 0.3 is 0 Å². The number of benzene rings is 1. The largest absolute Gasteiger partial charge is 0.440 e. The van der Waals surface area contributed by atoms with Gasteiger partial charge in [0.05, 0.1) is 12.7 Å². The number of likely N-dealkylation sites (tertiary alicyclic amines) is 1. The van der Waals surface area contributed by atoms with Crippen molar-refractivity contribution in [2.24, 2.45) is 5.92 Å². The Morgan fingerprint density at radius 1 is 1.12 bits per heavy atom. The van der Waals surface area contributed by atoms with E-state index >= 15 is 0 Å². The molecule has 2 aromatic rings. The van der Waals surface area contributed by atoms with Gasteiger partial charge < -0.3 is 14.1 Å². The molecule has 1 aliphatic heterocycles. The normalized spacial score (nSPS) is 26.3. The van der Waals surface area contributed by atoms with Gasteiger partial charge in [0.2, 0.25) is 0 Å². The molecule has 4 nitrogen and oxygen atoms in total. The third kappa shape index (κ3) is 4.06. The van der Waals surface area contributed by atoms with Crippen molar-refractivity contribution in [3.8, 4) is 0 Å². The second kappa shape index (κ2) is 7.88. The van der Waals surface area contributed by atoms with Crippen LogP contribution in [-0.4, -0.2) is 42.2 Å². The molecule has 0 bridgehead atoms. The van der Waals surface area contributed by atoms with Gasteiger partial charge in [-0.1, -0.05) is 31.9 Å². The van der Waals surface area contributed by atoms with Crippen molar-refractivity contribution in [3.63, 3.8) is 0 Å². The number of hydrogen-bond acceptors (Lipinski definition) is 4. The molecule has 1 saturated heterocycles. The van der Waals surface area contributed by atoms with Crippen LogP contribution in [0.15, 0.2) is 28.7 Å². The lowest BCUT2D eigenvalue weighted by Gasteiger charge is -2.32. The molecule has 4 rings (SSSR count). The van der Waals surface area contributed by atoms with Crippen LogP contribution in [0.1, 0.15) is 57.3 Å². The number of oxazole rings is 1. The summed E-state index contributed by atoms with van der Waals surface area (Å²) >= 11 is 0. The van der Waals surface area contributed by atoms with Gasteiger partial charge in [-0.15, -0.1) is 0 Å². The van der Waals surface area contributed by atoms with Crippen molar-refractivity contribution in [3.05, 3.63) is 30.2 Å². The number of para-hydroxylation sites is 2. The van der Waals surface area contributed by atoms with Crippen molar-refractivity contribution < 1.29 is 9.15 Å². The highest BCUT2D eigenvalue weighted by Gasteiger charge is 2.25. The predicted octanol–water partition coefficient (Wildman–Crippen LogP) is 4.60. The van der Waals surface area contributed by atoms with E-state index in [1.165, 1.54) is 25.7 Å². The molecule has 2 heterocycles. The van der Waals surface area contributed by atoms with Gasteiger partial charge in [-0.2, -0.15) is 0 Å². The average Bonchev–Trinajstić information content (AvgIpc) is 3.08. The van der Waals surface area contributed by atoms with Gasteiger partial charge in [0.15, 0.2) is 11.5 Å². The molecule has 4 heteroatoms. The lowest BCUT2D eigenvalue weighted by molar-refractivity contribution is -0.0158. The van der Waals surface area contributed by atoms with Crippen molar-refractivity contribution in [2.45, 2.75) is 57.5 Å². The number of ether oxygens (including phenoxy) is 1. The van der Waals surface area contributed by atoms with Crippen molar-refractivity contribution in [1.29, 1.82) is 0 Å². The summed E-state index contributed by atoms with van der Waals surface area (Å²) in [7, 11) is 0. The number of fused-ring (bicyclic) bond motifs is 1. The van der Waals surface area contributed by atoms with Gasteiger partial charge in [0.25, 0.3) is 0 Å². The number of nitrogens with zero attached hydrogens (tertiary/aromatic N) is 2. The Morgan fingerprint density at radius 2 is 1.92 bits per heavy atom. The molecule has 25 heavy (non-hydrogen) atoms. The summed E-state index contributed by atoms with van der Waals surface area (Å²) in [5.41, 5.74) is 1.89. The maximum atomic E-state index is 6.18. The van der Waals surface area contributed by atoms with Crippen molar-refractivity contribution in [2.75, 3.05) is 26.2 Å². The summed E-state index contributed by atoms with van der Waals surface area (Å²) in [5.74, 6) is 2.12. The monoisotopic (exact) mass is 342 g/mol. The maximum Gasteiger partial charge on any atom is 0.198 e. The lowest BCUT2D eigenvalue weighted by atomic mass is 9.88. The molecule has 0 spiro atoms. The van der Waals surface area contributed by atoms with Gasteiger partial charge in [0.1, 0.15) is 5.52 Å². The number of aromatic nitrogens is 1. The fourth-order valence-corrected chi connectivity index (χ4v) is 4.33. The third-order valence-electron chi connectivity index (χ3n) is 6.02. The Balaban J connectivity index is 1.23. The molecule has 136 valence electrons. The zero-order chi connectivity index (χ0) is 17.1. The highest BCUT2D eigenvalue weighted by atomic mass is 16.5. The van der Waals surface area contributed by atoms with Crippen LogP contribution in [0.25, 0.3) is 11.1 Å². The van der Waals surface area contributed by atoms with E-state index in [0.29, 0.717) is 12.0 Å². The molecule has 0 amide bonds. The van der Waals surface area contributed by atoms with Crippen LogP contribution in [0.2, 0.25) is 0 Å². The topological polar surface area (TPSA) is 38.5 Å². The summed E-state index contributed by atoms with van der Waals surface area (Å²) in [5, 5.41) is 0. The van der Waals surface area contributed by atoms with E-state index in [9.17, 15) is 0 Å². The number of hydrogen-bond donors (Lipinski definition) is 0. The van der Waals surface area contributed by atoms with Gasteiger partial charge in [-0.05, 0) is 56.8 Å². The molecule has 1 aromatic heterocycles. The minimum absolute atomic E-state index is 0.461. The van der Waals surface area contributed by atoms with Crippen LogP contribution < -0.4 is 0 Å². The van der Waals surface area contributed by atoms with E-state index in [4.69, 9.17) is 9.15 Å². The molecule has 2 fully saturated rings.